The van der Waals surface area contributed by atoms with Gasteiger partial charge < -0.3 is 9.52 Å². The van der Waals surface area contributed by atoms with Crippen molar-refractivity contribution in [3.05, 3.63) is 59.5 Å². The first-order valence-electron chi connectivity index (χ1n) is 5.98. The Morgan fingerprint density at radius 2 is 1.85 bits per heavy atom. The molecule has 1 unspecified atom stereocenters. The Bertz CT molecular complexity index is 700. The van der Waals surface area contributed by atoms with Crippen molar-refractivity contribution < 1.29 is 22.7 Å². The van der Waals surface area contributed by atoms with Crippen LogP contribution in [0.15, 0.2) is 46.9 Å². The zero-order valence-electron chi connectivity index (χ0n) is 10.8. The molecule has 106 valence electrons. The SMILES string of the molecule is CC(c1ccccc1)S(=O)(=O)Cc1ccc(C(=O)O)o1. The van der Waals surface area contributed by atoms with Crippen LogP contribution in [0.5, 0.6) is 0 Å². The summed E-state index contributed by atoms with van der Waals surface area (Å²) in [6.07, 6.45) is 0. The van der Waals surface area contributed by atoms with E-state index in [2.05, 4.69) is 0 Å². The molecule has 20 heavy (non-hydrogen) atoms. The quantitative estimate of drug-likeness (QED) is 0.916. The van der Waals surface area contributed by atoms with Crippen LogP contribution in [-0.2, 0) is 15.6 Å². The van der Waals surface area contributed by atoms with Crippen molar-refractivity contribution in [2.24, 2.45) is 0 Å². The summed E-state index contributed by atoms with van der Waals surface area (Å²) in [5, 5.41) is 8.06. The molecule has 0 amide bonds. The van der Waals surface area contributed by atoms with Gasteiger partial charge in [0.15, 0.2) is 9.84 Å². The van der Waals surface area contributed by atoms with Gasteiger partial charge in [-0.05, 0) is 24.6 Å². The van der Waals surface area contributed by atoms with Crippen molar-refractivity contribution in [1.82, 2.24) is 0 Å². The number of benzene rings is 1. The molecule has 0 radical (unpaired) electrons. The first-order valence-corrected chi connectivity index (χ1v) is 7.70. The van der Waals surface area contributed by atoms with E-state index in [-0.39, 0.29) is 17.3 Å². The molecule has 0 saturated heterocycles. The molecule has 0 spiro atoms. The summed E-state index contributed by atoms with van der Waals surface area (Å²) in [5.41, 5.74) is 0.692. The number of furan rings is 1. The maximum absolute atomic E-state index is 12.3. The first kappa shape index (κ1) is 14.3. The summed E-state index contributed by atoms with van der Waals surface area (Å²) < 4.78 is 29.5. The number of aromatic carboxylic acids is 1. The van der Waals surface area contributed by atoms with Gasteiger partial charge in [0.25, 0.3) is 0 Å². The molecule has 0 bridgehead atoms. The first-order chi connectivity index (χ1) is 9.40. The molecule has 0 aliphatic heterocycles. The van der Waals surface area contributed by atoms with Crippen LogP contribution in [0.2, 0.25) is 0 Å². The number of sulfone groups is 1. The molecule has 6 heteroatoms. The van der Waals surface area contributed by atoms with Gasteiger partial charge in [-0.15, -0.1) is 0 Å². The minimum absolute atomic E-state index is 0.130. The molecule has 2 rings (SSSR count). The van der Waals surface area contributed by atoms with Crippen LogP contribution in [0.4, 0.5) is 0 Å². The van der Waals surface area contributed by atoms with Gasteiger partial charge in [-0.3, -0.25) is 0 Å². The van der Waals surface area contributed by atoms with E-state index in [0.717, 1.165) is 0 Å². The van der Waals surface area contributed by atoms with Crippen molar-refractivity contribution in [1.29, 1.82) is 0 Å². The van der Waals surface area contributed by atoms with Gasteiger partial charge >= 0.3 is 5.97 Å². The number of carboxylic acids is 1. The Kier molecular flexibility index (Phi) is 3.94. The highest BCUT2D eigenvalue weighted by molar-refractivity contribution is 7.90. The van der Waals surface area contributed by atoms with Gasteiger partial charge in [-0.25, -0.2) is 13.2 Å². The van der Waals surface area contributed by atoms with E-state index in [0.29, 0.717) is 5.56 Å². The lowest BCUT2D eigenvalue weighted by Crippen LogP contribution is -2.12. The molecule has 0 fully saturated rings. The summed E-state index contributed by atoms with van der Waals surface area (Å²) in [6, 6.07) is 11.5. The molecule has 1 aromatic carbocycles. The molecule has 1 N–H and O–H groups in total. The van der Waals surface area contributed by atoms with Crippen LogP contribution in [0.3, 0.4) is 0 Å². The van der Waals surface area contributed by atoms with E-state index in [1.165, 1.54) is 12.1 Å². The van der Waals surface area contributed by atoms with Crippen LogP contribution in [0.1, 0.15) is 34.1 Å². The normalized spacial score (nSPS) is 13.1. The van der Waals surface area contributed by atoms with E-state index in [1.54, 1.807) is 31.2 Å². The standard InChI is InChI=1S/C14H14O5S/c1-10(11-5-3-2-4-6-11)20(17,18)9-12-7-8-13(19-12)14(15)16/h2-8,10H,9H2,1H3,(H,15,16). The smallest absolute Gasteiger partial charge is 0.371 e. The highest BCUT2D eigenvalue weighted by Crippen LogP contribution is 2.25. The summed E-state index contributed by atoms with van der Waals surface area (Å²) in [6.45, 7) is 1.60. The number of rotatable bonds is 5. The summed E-state index contributed by atoms with van der Waals surface area (Å²) >= 11 is 0. The Morgan fingerprint density at radius 3 is 2.40 bits per heavy atom. The Labute approximate surface area is 116 Å². The fourth-order valence-electron chi connectivity index (χ4n) is 1.83. The van der Waals surface area contributed by atoms with Crippen molar-refractivity contribution >= 4 is 15.8 Å². The second-order valence-corrected chi connectivity index (χ2v) is 6.75. The van der Waals surface area contributed by atoms with E-state index in [9.17, 15) is 13.2 Å². The lowest BCUT2D eigenvalue weighted by atomic mass is 10.2. The fraction of sp³-hybridized carbons (Fsp3) is 0.214. The Balaban J connectivity index is 2.20. The molecule has 1 atom stereocenters. The highest BCUT2D eigenvalue weighted by atomic mass is 32.2. The van der Waals surface area contributed by atoms with Crippen LogP contribution in [0.25, 0.3) is 0 Å². The van der Waals surface area contributed by atoms with Crippen LogP contribution < -0.4 is 0 Å². The van der Waals surface area contributed by atoms with Gasteiger partial charge in [0, 0.05) is 0 Å². The lowest BCUT2D eigenvalue weighted by molar-refractivity contribution is 0.0660. The Morgan fingerprint density at radius 1 is 1.20 bits per heavy atom. The molecule has 1 heterocycles. The van der Waals surface area contributed by atoms with Crippen molar-refractivity contribution in [2.75, 3.05) is 0 Å². The number of carboxylic acid groups (broad SMARTS) is 1. The average Bonchev–Trinajstić information content (AvgIpc) is 2.87. The maximum Gasteiger partial charge on any atom is 0.371 e. The number of hydrogen-bond donors (Lipinski definition) is 1. The fourth-order valence-corrected chi connectivity index (χ4v) is 3.20. The van der Waals surface area contributed by atoms with Crippen molar-refractivity contribution in [2.45, 2.75) is 17.9 Å². The van der Waals surface area contributed by atoms with Crippen LogP contribution in [0, 0.1) is 0 Å². The van der Waals surface area contributed by atoms with Crippen molar-refractivity contribution in [3.8, 4) is 0 Å². The van der Waals surface area contributed by atoms with E-state index in [1.807, 2.05) is 6.07 Å². The molecule has 0 aliphatic rings. The summed E-state index contributed by atoms with van der Waals surface area (Å²) in [5.74, 6) is -1.67. The van der Waals surface area contributed by atoms with Gasteiger partial charge in [0.05, 0.1) is 5.25 Å². The van der Waals surface area contributed by atoms with Gasteiger partial charge in [0.2, 0.25) is 5.76 Å². The van der Waals surface area contributed by atoms with E-state index < -0.39 is 21.1 Å². The molecule has 2 aromatic rings. The predicted molar refractivity (Wildman–Crippen MR) is 73.1 cm³/mol. The van der Waals surface area contributed by atoms with Crippen LogP contribution >= 0.6 is 0 Å². The molecule has 1 aromatic heterocycles. The molecular weight excluding hydrogens is 280 g/mol. The van der Waals surface area contributed by atoms with E-state index >= 15 is 0 Å². The zero-order chi connectivity index (χ0) is 14.8. The second-order valence-electron chi connectivity index (χ2n) is 4.43. The molecule has 5 nitrogen and oxygen atoms in total. The Hall–Kier alpha value is -2.08. The number of hydrogen-bond acceptors (Lipinski definition) is 4. The monoisotopic (exact) mass is 294 g/mol. The van der Waals surface area contributed by atoms with Gasteiger partial charge in [0.1, 0.15) is 11.5 Å². The third-order valence-corrected chi connectivity index (χ3v) is 5.06. The lowest BCUT2D eigenvalue weighted by Gasteiger charge is -2.12. The third-order valence-electron chi connectivity index (χ3n) is 3.02. The minimum atomic E-state index is -3.47. The summed E-state index contributed by atoms with van der Waals surface area (Å²) in [4.78, 5) is 10.7. The maximum atomic E-state index is 12.3. The number of carbonyl (C=O) groups is 1. The van der Waals surface area contributed by atoms with Crippen molar-refractivity contribution in [3.63, 3.8) is 0 Å². The summed E-state index contributed by atoms with van der Waals surface area (Å²) in [7, 11) is -3.47. The average molecular weight is 294 g/mol. The van der Waals surface area contributed by atoms with E-state index in [4.69, 9.17) is 9.52 Å². The predicted octanol–water partition coefficient (Wildman–Crippen LogP) is 2.65. The van der Waals surface area contributed by atoms with Gasteiger partial charge in [-0.1, -0.05) is 30.3 Å². The molecule has 0 saturated carbocycles. The largest absolute Gasteiger partial charge is 0.475 e. The third kappa shape index (κ3) is 3.08. The highest BCUT2D eigenvalue weighted by Gasteiger charge is 2.24. The second kappa shape index (κ2) is 5.50. The zero-order valence-corrected chi connectivity index (χ0v) is 11.6. The minimum Gasteiger partial charge on any atom is -0.475 e. The van der Waals surface area contributed by atoms with Gasteiger partial charge in [-0.2, -0.15) is 0 Å². The topological polar surface area (TPSA) is 84.6 Å². The molecule has 0 aliphatic carbocycles. The molecular formula is C14H14O5S. The van der Waals surface area contributed by atoms with Crippen LogP contribution in [-0.4, -0.2) is 19.5 Å².